The Labute approximate surface area is 74.0 Å². The van der Waals surface area contributed by atoms with Gasteiger partial charge in [-0.2, -0.15) is 0 Å². The van der Waals surface area contributed by atoms with Gasteiger partial charge in [-0.15, -0.1) is 0 Å². The van der Waals surface area contributed by atoms with Crippen LogP contribution in [0.4, 0.5) is 0 Å². The van der Waals surface area contributed by atoms with E-state index in [-0.39, 0.29) is 23.4 Å². The number of rotatable bonds is 4. The second kappa shape index (κ2) is 2.84. The number of aldehydes is 1. The van der Waals surface area contributed by atoms with Crippen molar-refractivity contribution in [3.8, 4) is 0 Å². The van der Waals surface area contributed by atoms with Crippen LogP contribution in [-0.2, 0) is 4.79 Å². The Morgan fingerprint density at radius 2 is 2.08 bits per heavy atom. The van der Waals surface area contributed by atoms with E-state index in [1.807, 2.05) is 6.92 Å². The van der Waals surface area contributed by atoms with Crippen LogP contribution in [0.5, 0.6) is 0 Å². The number of hydrogen-bond donors (Lipinski definition) is 1. The van der Waals surface area contributed by atoms with E-state index in [9.17, 15) is 4.79 Å². The summed E-state index contributed by atoms with van der Waals surface area (Å²) in [7, 11) is 0. The molecule has 0 amide bonds. The van der Waals surface area contributed by atoms with Crippen molar-refractivity contribution < 1.29 is 9.90 Å². The maximum atomic E-state index is 10.9. The van der Waals surface area contributed by atoms with Gasteiger partial charge in [-0.05, 0) is 24.2 Å². The summed E-state index contributed by atoms with van der Waals surface area (Å²) >= 11 is 0. The quantitative estimate of drug-likeness (QED) is 0.651. The predicted octanol–water partition coefficient (Wildman–Crippen LogP) is 1.62. The smallest absolute Gasteiger partial charge is 0.126 e. The van der Waals surface area contributed by atoms with Crippen molar-refractivity contribution in [1.82, 2.24) is 0 Å². The molecule has 2 unspecified atom stereocenters. The van der Waals surface area contributed by atoms with Crippen molar-refractivity contribution in [3.63, 3.8) is 0 Å². The standard InChI is InChI=1S/C10H18O2/c1-8(5-11)4-10(7-12)6-9(10,2)3/h7-8,11H,4-6H2,1-3H3. The van der Waals surface area contributed by atoms with E-state index in [0.29, 0.717) is 0 Å². The van der Waals surface area contributed by atoms with Crippen molar-refractivity contribution in [2.45, 2.75) is 33.6 Å². The Kier molecular flexibility index (Phi) is 2.30. The fraction of sp³-hybridized carbons (Fsp3) is 0.900. The van der Waals surface area contributed by atoms with E-state index in [4.69, 9.17) is 5.11 Å². The minimum atomic E-state index is -0.130. The molecule has 0 aromatic heterocycles. The van der Waals surface area contributed by atoms with Crippen LogP contribution < -0.4 is 0 Å². The lowest BCUT2D eigenvalue weighted by molar-refractivity contribution is -0.113. The highest BCUT2D eigenvalue weighted by Gasteiger charge is 2.61. The first-order valence-corrected chi connectivity index (χ1v) is 4.55. The van der Waals surface area contributed by atoms with Crippen molar-refractivity contribution in [3.05, 3.63) is 0 Å². The van der Waals surface area contributed by atoms with Crippen LogP contribution in [0.3, 0.4) is 0 Å². The van der Waals surface area contributed by atoms with Gasteiger partial charge in [-0.25, -0.2) is 0 Å². The molecule has 1 N–H and O–H groups in total. The summed E-state index contributed by atoms with van der Waals surface area (Å²) in [5.74, 6) is 0.247. The molecule has 0 spiro atoms. The summed E-state index contributed by atoms with van der Waals surface area (Å²) < 4.78 is 0. The molecule has 12 heavy (non-hydrogen) atoms. The Balaban J connectivity index is 2.56. The first-order valence-electron chi connectivity index (χ1n) is 4.55. The third kappa shape index (κ3) is 1.40. The summed E-state index contributed by atoms with van der Waals surface area (Å²) in [6, 6.07) is 0. The van der Waals surface area contributed by atoms with Crippen LogP contribution in [0.25, 0.3) is 0 Å². The molecule has 0 aromatic carbocycles. The number of aliphatic hydroxyl groups is 1. The van der Waals surface area contributed by atoms with Crippen molar-refractivity contribution >= 4 is 6.29 Å². The average Bonchev–Trinajstić information content (AvgIpc) is 2.54. The lowest BCUT2D eigenvalue weighted by Gasteiger charge is -2.16. The summed E-state index contributed by atoms with van der Waals surface area (Å²) in [6.45, 7) is 6.41. The van der Waals surface area contributed by atoms with Gasteiger partial charge in [0.1, 0.15) is 6.29 Å². The van der Waals surface area contributed by atoms with Crippen molar-refractivity contribution in [2.75, 3.05) is 6.61 Å². The molecule has 0 heterocycles. The first-order chi connectivity index (χ1) is 5.47. The fourth-order valence-electron chi connectivity index (χ4n) is 2.03. The molecule has 1 fully saturated rings. The summed E-state index contributed by atoms with van der Waals surface area (Å²) in [5, 5.41) is 8.88. The second-order valence-corrected chi connectivity index (χ2v) is 4.83. The largest absolute Gasteiger partial charge is 0.396 e. The molecule has 2 atom stereocenters. The Morgan fingerprint density at radius 3 is 2.33 bits per heavy atom. The Bertz CT molecular complexity index is 186. The number of carbonyl (C=O) groups excluding carboxylic acids is 1. The number of hydrogen-bond acceptors (Lipinski definition) is 2. The van der Waals surface area contributed by atoms with E-state index in [0.717, 1.165) is 19.1 Å². The molecule has 1 saturated carbocycles. The van der Waals surface area contributed by atoms with E-state index in [1.165, 1.54) is 0 Å². The van der Waals surface area contributed by atoms with E-state index < -0.39 is 0 Å². The monoisotopic (exact) mass is 170 g/mol. The van der Waals surface area contributed by atoms with Gasteiger partial charge in [-0.3, -0.25) is 0 Å². The molecule has 1 aliphatic rings. The summed E-state index contributed by atoms with van der Waals surface area (Å²) in [6.07, 6.45) is 2.90. The van der Waals surface area contributed by atoms with Gasteiger partial charge in [0.25, 0.3) is 0 Å². The maximum absolute atomic E-state index is 10.9. The van der Waals surface area contributed by atoms with Gasteiger partial charge in [0, 0.05) is 12.0 Å². The van der Waals surface area contributed by atoms with Gasteiger partial charge in [0.05, 0.1) is 0 Å². The molecule has 1 rings (SSSR count). The third-order valence-corrected chi connectivity index (χ3v) is 3.23. The van der Waals surface area contributed by atoms with Crippen molar-refractivity contribution in [2.24, 2.45) is 16.7 Å². The lowest BCUT2D eigenvalue weighted by Crippen LogP contribution is -2.16. The molecule has 0 bridgehead atoms. The minimum Gasteiger partial charge on any atom is -0.396 e. The highest BCUT2D eigenvalue weighted by atomic mass is 16.3. The zero-order valence-electron chi connectivity index (χ0n) is 8.13. The first kappa shape index (κ1) is 9.72. The van der Waals surface area contributed by atoms with Crippen LogP contribution in [0.15, 0.2) is 0 Å². The van der Waals surface area contributed by atoms with Gasteiger partial charge in [-0.1, -0.05) is 20.8 Å². The molecule has 0 radical (unpaired) electrons. The highest BCUT2D eigenvalue weighted by molar-refractivity contribution is 5.66. The lowest BCUT2D eigenvalue weighted by atomic mass is 9.88. The molecule has 2 heteroatoms. The summed E-state index contributed by atoms with van der Waals surface area (Å²) in [4.78, 5) is 10.9. The van der Waals surface area contributed by atoms with Crippen molar-refractivity contribution in [1.29, 1.82) is 0 Å². The second-order valence-electron chi connectivity index (χ2n) is 4.83. The highest BCUT2D eigenvalue weighted by Crippen LogP contribution is 2.64. The maximum Gasteiger partial charge on any atom is 0.126 e. The zero-order chi connectivity index (χ0) is 9.41. The van der Waals surface area contributed by atoms with Crippen LogP contribution in [0.2, 0.25) is 0 Å². The molecule has 70 valence electrons. The van der Waals surface area contributed by atoms with Gasteiger partial charge in [0.15, 0.2) is 0 Å². The number of carbonyl (C=O) groups is 1. The minimum absolute atomic E-state index is 0.130. The molecular weight excluding hydrogens is 152 g/mol. The van der Waals surface area contributed by atoms with Crippen LogP contribution in [-0.4, -0.2) is 18.0 Å². The van der Waals surface area contributed by atoms with E-state index >= 15 is 0 Å². The Hall–Kier alpha value is -0.370. The van der Waals surface area contributed by atoms with Crippen LogP contribution in [0.1, 0.15) is 33.6 Å². The van der Waals surface area contributed by atoms with E-state index in [2.05, 4.69) is 13.8 Å². The predicted molar refractivity (Wildman–Crippen MR) is 47.8 cm³/mol. The van der Waals surface area contributed by atoms with Crippen LogP contribution >= 0.6 is 0 Å². The van der Waals surface area contributed by atoms with Gasteiger partial charge >= 0.3 is 0 Å². The fourth-order valence-corrected chi connectivity index (χ4v) is 2.03. The van der Waals surface area contributed by atoms with E-state index in [1.54, 1.807) is 0 Å². The average molecular weight is 170 g/mol. The molecule has 0 aromatic rings. The molecule has 2 nitrogen and oxygen atoms in total. The molecular formula is C10H18O2. The SMILES string of the molecule is CC(CO)CC1(C=O)CC1(C)C. The summed E-state index contributed by atoms with van der Waals surface area (Å²) in [5.41, 5.74) is 0.0350. The topological polar surface area (TPSA) is 37.3 Å². The normalized spacial score (nSPS) is 34.3. The molecule has 0 saturated heterocycles. The third-order valence-electron chi connectivity index (χ3n) is 3.23. The zero-order valence-corrected chi connectivity index (χ0v) is 8.13. The van der Waals surface area contributed by atoms with Gasteiger partial charge in [0.2, 0.25) is 0 Å². The van der Waals surface area contributed by atoms with Gasteiger partial charge < -0.3 is 9.90 Å². The number of aliphatic hydroxyl groups excluding tert-OH is 1. The molecule has 0 aliphatic heterocycles. The molecule has 1 aliphatic carbocycles. The van der Waals surface area contributed by atoms with Crippen LogP contribution in [0, 0.1) is 16.7 Å². The Morgan fingerprint density at radius 1 is 1.58 bits per heavy atom.